The maximum Gasteiger partial charge on any atom is 0.411 e. The van der Waals surface area contributed by atoms with Crippen molar-refractivity contribution in [2.45, 2.75) is 77.7 Å². The van der Waals surface area contributed by atoms with E-state index in [-0.39, 0.29) is 18.2 Å². The molecule has 1 aliphatic heterocycles. The van der Waals surface area contributed by atoms with Gasteiger partial charge in [-0.25, -0.2) is 4.79 Å². The van der Waals surface area contributed by atoms with E-state index in [1.165, 1.54) is 0 Å². The van der Waals surface area contributed by atoms with E-state index >= 15 is 0 Å². The Morgan fingerprint density at radius 3 is 2.57 bits per heavy atom. The van der Waals surface area contributed by atoms with Gasteiger partial charge in [0.15, 0.2) is 0 Å². The summed E-state index contributed by atoms with van der Waals surface area (Å²) in [4.78, 5) is 14.2. The fourth-order valence-electron chi connectivity index (χ4n) is 2.46. The summed E-state index contributed by atoms with van der Waals surface area (Å²) in [6.07, 6.45) is 9.79. The molecule has 1 heterocycles. The number of carbonyl (C=O) groups excluding carboxylic acids is 1. The van der Waals surface area contributed by atoms with Crippen LogP contribution in [-0.2, 0) is 4.74 Å². The summed E-state index contributed by atoms with van der Waals surface area (Å²) in [7, 11) is 0. The van der Waals surface area contributed by atoms with Gasteiger partial charge in [0.25, 0.3) is 0 Å². The molecule has 0 radical (unpaired) electrons. The van der Waals surface area contributed by atoms with Gasteiger partial charge in [-0.1, -0.05) is 24.3 Å². The molecule has 1 N–H and O–H groups in total. The molecule has 1 aliphatic rings. The van der Waals surface area contributed by atoms with Gasteiger partial charge in [-0.3, -0.25) is 4.90 Å². The highest BCUT2D eigenvalue weighted by Gasteiger charge is 2.33. The highest BCUT2D eigenvalue weighted by Crippen LogP contribution is 2.26. The SMILES string of the molecule is C[C@H](O)/C=C\C=C\[C@H]1CCC[C@H](C)N1C(=O)OC(C)(C)C. The number of carbonyl (C=O) groups is 1. The third-order valence-corrected chi connectivity index (χ3v) is 3.39. The molecule has 1 rings (SSSR count). The zero-order chi connectivity index (χ0) is 16.0. The number of hydrogen-bond donors (Lipinski definition) is 1. The zero-order valence-electron chi connectivity index (χ0n) is 13.9. The molecular weight excluding hydrogens is 266 g/mol. The Bertz CT molecular complexity index is 393. The molecule has 4 heteroatoms. The molecule has 0 aromatic carbocycles. The maximum absolute atomic E-state index is 12.4. The van der Waals surface area contributed by atoms with E-state index in [0.29, 0.717) is 0 Å². The molecule has 0 aromatic heterocycles. The Balaban J connectivity index is 2.77. The van der Waals surface area contributed by atoms with Crippen LogP contribution < -0.4 is 0 Å². The van der Waals surface area contributed by atoms with Crippen molar-refractivity contribution in [3.63, 3.8) is 0 Å². The number of aliphatic hydroxyl groups excluding tert-OH is 1. The summed E-state index contributed by atoms with van der Waals surface area (Å²) in [5, 5.41) is 9.19. The Hall–Kier alpha value is -1.29. The normalized spacial score (nSPS) is 25.5. The molecule has 0 saturated carbocycles. The number of rotatable bonds is 3. The van der Waals surface area contributed by atoms with Gasteiger partial charge in [-0.2, -0.15) is 0 Å². The van der Waals surface area contributed by atoms with E-state index in [2.05, 4.69) is 6.92 Å². The minimum atomic E-state index is -0.477. The Morgan fingerprint density at radius 2 is 2.00 bits per heavy atom. The van der Waals surface area contributed by atoms with Crippen molar-refractivity contribution in [3.05, 3.63) is 24.3 Å². The average Bonchev–Trinajstić information content (AvgIpc) is 2.32. The van der Waals surface area contributed by atoms with Crippen LogP contribution in [0, 0.1) is 0 Å². The van der Waals surface area contributed by atoms with Gasteiger partial charge in [-0.15, -0.1) is 0 Å². The lowest BCUT2D eigenvalue weighted by Gasteiger charge is -2.39. The largest absolute Gasteiger partial charge is 0.444 e. The monoisotopic (exact) mass is 295 g/mol. The number of amides is 1. The number of hydrogen-bond acceptors (Lipinski definition) is 3. The summed E-state index contributed by atoms with van der Waals surface area (Å²) in [5.41, 5.74) is -0.477. The molecule has 21 heavy (non-hydrogen) atoms. The molecule has 0 aliphatic carbocycles. The van der Waals surface area contributed by atoms with Gasteiger partial charge in [0.1, 0.15) is 5.60 Å². The highest BCUT2D eigenvalue weighted by molar-refractivity contribution is 5.69. The third kappa shape index (κ3) is 6.34. The summed E-state index contributed by atoms with van der Waals surface area (Å²) in [5.74, 6) is 0. The first kappa shape index (κ1) is 17.8. The van der Waals surface area contributed by atoms with Crippen molar-refractivity contribution in [2.24, 2.45) is 0 Å². The molecule has 0 spiro atoms. The second kappa shape index (κ2) is 7.64. The van der Waals surface area contributed by atoms with Crippen LogP contribution in [0.25, 0.3) is 0 Å². The molecule has 3 atom stereocenters. The van der Waals surface area contributed by atoms with Crippen molar-refractivity contribution in [3.8, 4) is 0 Å². The molecule has 1 fully saturated rings. The second-order valence-corrected chi connectivity index (χ2v) is 6.75. The van der Waals surface area contributed by atoms with Crippen LogP contribution in [0.3, 0.4) is 0 Å². The highest BCUT2D eigenvalue weighted by atomic mass is 16.6. The van der Waals surface area contributed by atoms with Crippen LogP contribution in [0.15, 0.2) is 24.3 Å². The number of aliphatic hydroxyl groups is 1. The summed E-state index contributed by atoms with van der Waals surface area (Å²) in [6.45, 7) is 9.43. The Morgan fingerprint density at radius 1 is 1.33 bits per heavy atom. The van der Waals surface area contributed by atoms with Crippen molar-refractivity contribution < 1.29 is 14.6 Å². The zero-order valence-corrected chi connectivity index (χ0v) is 13.9. The van der Waals surface area contributed by atoms with E-state index in [4.69, 9.17) is 4.74 Å². The number of allylic oxidation sites excluding steroid dienone is 2. The van der Waals surface area contributed by atoms with E-state index in [9.17, 15) is 9.90 Å². The molecule has 0 aromatic rings. The van der Waals surface area contributed by atoms with Crippen LogP contribution in [0.4, 0.5) is 4.79 Å². The Kier molecular flexibility index (Phi) is 6.46. The average molecular weight is 295 g/mol. The van der Waals surface area contributed by atoms with Crippen LogP contribution in [0.2, 0.25) is 0 Å². The molecule has 1 amide bonds. The quantitative estimate of drug-likeness (QED) is 0.808. The van der Waals surface area contributed by atoms with Gasteiger partial charge in [0.05, 0.1) is 12.1 Å². The van der Waals surface area contributed by atoms with Crippen LogP contribution in [0.1, 0.15) is 53.9 Å². The number of nitrogens with zero attached hydrogens (tertiary/aromatic N) is 1. The maximum atomic E-state index is 12.4. The van der Waals surface area contributed by atoms with Gasteiger partial charge in [0, 0.05) is 6.04 Å². The first-order chi connectivity index (χ1) is 9.70. The van der Waals surface area contributed by atoms with Gasteiger partial charge >= 0.3 is 6.09 Å². The number of likely N-dealkylation sites (tertiary alicyclic amines) is 1. The number of ether oxygens (including phenoxy) is 1. The third-order valence-electron chi connectivity index (χ3n) is 3.39. The smallest absolute Gasteiger partial charge is 0.411 e. The summed E-state index contributed by atoms with van der Waals surface area (Å²) >= 11 is 0. The van der Waals surface area contributed by atoms with Crippen LogP contribution >= 0.6 is 0 Å². The van der Waals surface area contributed by atoms with Crippen molar-refractivity contribution >= 4 is 6.09 Å². The predicted octanol–water partition coefficient (Wildman–Crippen LogP) is 3.66. The first-order valence-electron chi connectivity index (χ1n) is 7.75. The van der Waals surface area contributed by atoms with Gasteiger partial charge in [-0.05, 0) is 53.9 Å². The molecule has 4 nitrogen and oxygen atoms in total. The minimum Gasteiger partial charge on any atom is -0.444 e. The van der Waals surface area contributed by atoms with Crippen molar-refractivity contribution in [2.75, 3.05) is 0 Å². The van der Waals surface area contributed by atoms with E-state index in [0.717, 1.165) is 19.3 Å². The summed E-state index contributed by atoms with van der Waals surface area (Å²) < 4.78 is 5.52. The molecule has 0 unspecified atom stereocenters. The topological polar surface area (TPSA) is 49.8 Å². The second-order valence-electron chi connectivity index (χ2n) is 6.75. The molecule has 1 saturated heterocycles. The molecular formula is C17H29NO3. The molecule has 120 valence electrons. The van der Waals surface area contributed by atoms with Gasteiger partial charge in [0.2, 0.25) is 0 Å². The standard InChI is InChI=1S/C17H29NO3/c1-13-9-8-12-15(11-7-6-10-14(2)19)18(13)16(20)21-17(3,4)5/h6-7,10-11,13-15,19H,8-9,12H2,1-5H3/b10-6-,11-7+/t13-,14-,15-/m0/s1. The van der Waals surface area contributed by atoms with Crippen LogP contribution in [0.5, 0.6) is 0 Å². The van der Waals surface area contributed by atoms with E-state index < -0.39 is 11.7 Å². The van der Waals surface area contributed by atoms with Crippen molar-refractivity contribution in [1.29, 1.82) is 0 Å². The minimum absolute atomic E-state index is 0.0576. The predicted molar refractivity (Wildman–Crippen MR) is 85.1 cm³/mol. The lowest BCUT2D eigenvalue weighted by atomic mass is 9.96. The summed E-state index contributed by atoms with van der Waals surface area (Å²) in [6, 6.07) is 0.242. The lowest BCUT2D eigenvalue weighted by Crippen LogP contribution is -2.49. The van der Waals surface area contributed by atoms with E-state index in [1.807, 2.05) is 43.9 Å². The number of piperidine rings is 1. The van der Waals surface area contributed by atoms with Crippen molar-refractivity contribution in [1.82, 2.24) is 4.90 Å². The first-order valence-corrected chi connectivity index (χ1v) is 7.75. The fraction of sp³-hybridized carbons (Fsp3) is 0.706. The lowest BCUT2D eigenvalue weighted by molar-refractivity contribution is 0.00361. The molecule has 0 bridgehead atoms. The Labute approximate surface area is 128 Å². The fourth-order valence-corrected chi connectivity index (χ4v) is 2.46. The van der Waals surface area contributed by atoms with Gasteiger partial charge < -0.3 is 9.84 Å². The van der Waals surface area contributed by atoms with E-state index in [1.54, 1.807) is 13.0 Å². The van der Waals surface area contributed by atoms with Crippen LogP contribution in [-0.4, -0.2) is 39.9 Å².